The third-order valence-electron chi connectivity index (χ3n) is 6.75. The molecule has 2 aliphatic heterocycles. The number of halogens is 1. The Hall–Kier alpha value is -4.02. The number of hydrogen-bond donors (Lipinski definition) is 3. The maximum atomic E-state index is 14.4. The number of alkyl halides is 1. The molecule has 188 valence electrons. The van der Waals surface area contributed by atoms with Gasteiger partial charge in [0.25, 0.3) is 5.91 Å². The Labute approximate surface area is 216 Å². The average molecular weight is 518 g/mol. The fraction of sp³-hybridized carbons (Fsp3) is 0.222. The van der Waals surface area contributed by atoms with Crippen molar-refractivity contribution >= 4 is 50.6 Å². The van der Waals surface area contributed by atoms with Crippen LogP contribution in [0.1, 0.15) is 22.2 Å². The zero-order valence-corrected chi connectivity index (χ0v) is 21.0. The zero-order valence-electron chi connectivity index (χ0n) is 20.2. The number of thiophene rings is 1. The lowest BCUT2D eigenvalue weighted by atomic mass is 9.99. The number of hydrogen-bond acceptors (Lipinski definition) is 6. The van der Waals surface area contributed by atoms with Gasteiger partial charge in [-0.15, -0.1) is 11.3 Å². The van der Waals surface area contributed by atoms with Gasteiger partial charge in [0.05, 0.1) is 28.0 Å². The minimum Gasteiger partial charge on any atom is -0.457 e. The van der Waals surface area contributed by atoms with E-state index in [1.807, 2.05) is 55.5 Å². The van der Waals surface area contributed by atoms with Crippen molar-refractivity contribution in [3.05, 3.63) is 71.2 Å². The van der Waals surface area contributed by atoms with Crippen molar-refractivity contribution in [2.75, 3.05) is 23.3 Å². The molecule has 2 aromatic carbocycles. The highest BCUT2D eigenvalue weighted by molar-refractivity contribution is 7.21. The maximum absolute atomic E-state index is 14.4. The highest BCUT2D eigenvalue weighted by Gasteiger charge is 2.42. The molecule has 1 saturated heterocycles. The van der Waals surface area contributed by atoms with E-state index < -0.39 is 23.6 Å². The lowest BCUT2D eigenvalue weighted by Gasteiger charge is -2.30. The molecule has 6 rings (SSSR count). The fourth-order valence-corrected chi connectivity index (χ4v) is 5.80. The minimum absolute atomic E-state index is 0.183. The molecule has 3 N–H and O–H groups in total. The van der Waals surface area contributed by atoms with Crippen LogP contribution in [0, 0.1) is 6.92 Å². The molecule has 0 unspecified atom stereocenters. The van der Waals surface area contributed by atoms with Crippen LogP contribution < -0.4 is 25.6 Å². The number of urea groups is 1. The highest BCUT2D eigenvalue weighted by atomic mass is 32.1. The van der Waals surface area contributed by atoms with E-state index in [9.17, 15) is 14.0 Å². The first-order valence-electron chi connectivity index (χ1n) is 11.9. The summed E-state index contributed by atoms with van der Waals surface area (Å²) in [6.45, 7) is 4.09. The third kappa shape index (κ3) is 3.98. The largest absolute Gasteiger partial charge is 0.457 e. The molecule has 0 saturated carbocycles. The molecule has 4 heterocycles. The number of anilines is 3. The van der Waals surface area contributed by atoms with Gasteiger partial charge in [-0.3, -0.25) is 9.69 Å². The molecular formula is C27H24FN5O3S. The van der Waals surface area contributed by atoms with E-state index in [0.717, 1.165) is 11.3 Å². The Kier molecular flexibility index (Phi) is 5.58. The normalized spacial score (nSPS) is 20.7. The molecule has 1 fully saturated rings. The molecule has 4 aromatic rings. The van der Waals surface area contributed by atoms with Gasteiger partial charge in [0.2, 0.25) is 0 Å². The quantitative estimate of drug-likeness (QED) is 0.324. The topological polar surface area (TPSA) is 95.6 Å². The molecule has 0 bridgehead atoms. The van der Waals surface area contributed by atoms with Crippen LogP contribution in [-0.4, -0.2) is 41.7 Å². The van der Waals surface area contributed by atoms with Gasteiger partial charge in [0.15, 0.2) is 0 Å². The summed E-state index contributed by atoms with van der Waals surface area (Å²) in [7, 11) is 0. The van der Waals surface area contributed by atoms with Crippen molar-refractivity contribution in [2.24, 2.45) is 0 Å². The van der Waals surface area contributed by atoms with E-state index in [1.54, 1.807) is 24.1 Å². The standard InChI is InChI=1S/C27H24FN5O3S/c1-15-12-17(36-16-6-4-3-5-7-16)8-9-18(15)33-19-10-11-30-25-21(19)22(31-26(33)35)23(37-25)24(34)32-27(2)14-29-13-20(27)28/h3-12,20,29H,13-14H2,1-2H3,(H,31,35)(H,32,34)/t20-,27+/m1/s1. The number of ether oxygens (including phenoxy) is 1. The van der Waals surface area contributed by atoms with E-state index in [1.165, 1.54) is 11.3 Å². The van der Waals surface area contributed by atoms with Gasteiger partial charge in [0.1, 0.15) is 27.4 Å². The van der Waals surface area contributed by atoms with E-state index >= 15 is 0 Å². The second kappa shape index (κ2) is 8.82. The summed E-state index contributed by atoms with van der Waals surface area (Å²) in [5, 5.41) is 9.35. The molecule has 0 aliphatic carbocycles. The molecular weight excluding hydrogens is 493 g/mol. The van der Waals surface area contributed by atoms with Gasteiger partial charge in [-0.2, -0.15) is 0 Å². The van der Waals surface area contributed by atoms with Gasteiger partial charge < -0.3 is 20.7 Å². The second-order valence-corrected chi connectivity index (χ2v) is 10.4. The van der Waals surface area contributed by atoms with E-state index in [-0.39, 0.29) is 6.54 Å². The molecule has 8 nitrogen and oxygen atoms in total. The van der Waals surface area contributed by atoms with Gasteiger partial charge >= 0.3 is 6.03 Å². The number of aryl methyl sites for hydroxylation is 1. The Bertz CT molecular complexity index is 1540. The molecule has 2 aromatic heterocycles. The smallest absolute Gasteiger partial charge is 0.331 e. The lowest BCUT2D eigenvalue weighted by Crippen LogP contribution is -2.53. The summed E-state index contributed by atoms with van der Waals surface area (Å²) >= 11 is 1.17. The number of nitrogens with one attached hydrogen (secondary N) is 3. The van der Waals surface area contributed by atoms with Crippen LogP contribution >= 0.6 is 11.3 Å². The molecule has 2 atom stereocenters. The summed E-state index contributed by atoms with van der Waals surface area (Å²) in [6, 6.07) is 16.3. The van der Waals surface area contributed by atoms with Crippen LogP contribution in [0.25, 0.3) is 10.2 Å². The van der Waals surface area contributed by atoms with Crippen molar-refractivity contribution in [3.8, 4) is 11.5 Å². The Morgan fingerprint density at radius 2 is 2.00 bits per heavy atom. The first-order chi connectivity index (χ1) is 17.8. The molecule has 0 radical (unpaired) electrons. The first kappa shape index (κ1) is 23.4. The van der Waals surface area contributed by atoms with Gasteiger partial charge in [0, 0.05) is 19.3 Å². The zero-order chi connectivity index (χ0) is 25.7. The fourth-order valence-electron chi connectivity index (χ4n) is 4.78. The number of carbonyl (C=O) groups excluding carboxylic acids is 2. The number of aromatic nitrogens is 1. The third-order valence-corrected chi connectivity index (χ3v) is 7.84. The molecule has 10 heteroatoms. The number of amides is 3. The predicted molar refractivity (Wildman–Crippen MR) is 142 cm³/mol. The van der Waals surface area contributed by atoms with E-state index in [2.05, 4.69) is 20.9 Å². The maximum Gasteiger partial charge on any atom is 0.331 e. The minimum atomic E-state index is -1.21. The van der Waals surface area contributed by atoms with Crippen molar-refractivity contribution in [3.63, 3.8) is 0 Å². The summed E-state index contributed by atoms with van der Waals surface area (Å²) < 4.78 is 20.4. The van der Waals surface area contributed by atoms with Gasteiger partial charge in [-0.05, 0) is 55.8 Å². The van der Waals surface area contributed by atoms with Gasteiger partial charge in [-0.25, -0.2) is 14.2 Å². The average Bonchev–Trinajstić information content (AvgIpc) is 3.41. The summed E-state index contributed by atoms with van der Waals surface area (Å²) in [5.41, 5.74) is 1.50. The van der Waals surface area contributed by atoms with Crippen LogP contribution in [0.3, 0.4) is 0 Å². The Balaban J connectivity index is 1.36. The summed E-state index contributed by atoms with van der Waals surface area (Å²) in [5.74, 6) is 0.933. The van der Waals surface area contributed by atoms with Crippen LogP contribution in [0.2, 0.25) is 0 Å². The number of benzene rings is 2. The van der Waals surface area contributed by atoms with Crippen LogP contribution in [-0.2, 0) is 0 Å². The second-order valence-electron chi connectivity index (χ2n) is 9.42. The highest BCUT2D eigenvalue weighted by Crippen LogP contribution is 2.46. The number of pyridine rings is 1. The van der Waals surface area contributed by atoms with E-state index in [0.29, 0.717) is 44.5 Å². The van der Waals surface area contributed by atoms with Crippen LogP contribution in [0.5, 0.6) is 11.5 Å². The molecule has 2 aliphatic rings. The number of rotatable bonds is 5. The van der Waals surface area contributed by atoms with E-state index in [4.69, 9.17) is 4.74 Å². The van der Waals surface area contributed by atoms with Crippen molar-refractivity contribution in [1.29, 1.82) is 0 Å². The summed E-state index contributed by atoms with van der Waals surface area (Å²) in [6.07, 6.45) is 0.408. The lowest BCUT2D eigenvalue weighted by molar-refractivity contribution is 0.0879. The van der Waals surface area contributed by atoms with Crippen LogP contribution in [0.15, 0.2) is 60.8 Å². The van der Waals surface area contributed by atoms with Crippen molar-refractivity contribution in [1.82, 2.24) is 15.6 Å². The van der Waals surface area contributed by atoms with Crippen molar-refractivity contribution in [2.45, 2.75) is 25.6 Å². The number of para-hydroxylation sites is 1. The number of nitrogens with zero attached hydrogens (tertiary/aromatic N) is 2. The molecule has 3 amide bonds. The van der Waals surface area contributed by atoms with Crippen LogP contribution in [0.4, 0.5) is 26.2 Å². The summed E-state index contributed by atoms with van der Waals surface area (Å²) in [4.78, 5) is 33.6. The Morgan fingerprint density at radius 1 is 1.19 bits per heavy atom. The monoisotopic (exact) mass is 517 g/mol. The Morgan fingerprint density at radius 3 is 2.73 bits per heavy atom. The predicted octanol–water partition coefficient (Wildman–Crippen LogP) is 5.51. The number of carbonyl (C=O) groups is 2. The van der Waals surface area contributed by atoms with Crippen molar-refractivity contribution < 1.29 is 18.7 Å². The molecule has 37 heavy (non-hydrogen) atoms. The van der Waals surface area contributed by atoms with Gasteiger partial charge in [-0.1, -0.05) is 18.2 Å². The molecule has 0 spiro atoms. The SMILES string of the molecule is Cc1cc(Oc2ccccc2)ccc1N1C(=O)Nc2c(C(=O)N[C@@]3(C)CNC[C@H]3F)sc3nccc1c23. The first-order valence-corrected chi connectivity index (χ1v) is 12.7.